The van der Waals surface area contributed by atoms with Crippen molar-refractivity contribution < 1.29 is 14.7 Å². The van der Waals surface area contributed by atoms with Crippen LogP contribution in [0.25, 0.3) is 0 Å². The number of nitrogens with two attached hydrogens (primary N) is 1. The number of carbonyl (C=O) groups is 2. The lowest BCUT2D eigenvalue weighted by Gasteiger charge is -2.31. The number of carbonyl (C=O) groups excluding carboxylic acids is 1. The number of anilines is 1. The van der Waals surface area contributed by atoms with E-state index in [2.05, 4.69) is 0 Å². The molecule has 0 radical (unpaired) electrons. The van der Waals surface area contributed by atoms with Crippen LogP contribution >= 0.6 is 0 Å². The van der Waals surface area contributed by atoms with E-state index in [0.717, 1.165) is 5.56 Å². The average molecular weight is 262 g/mol. The maximum absolute atomic E-state index is 12.4. The summed E-state index contributed by atoms with van der Waals surface area (Å²) in [5.41, 5.74) is 7.69. The van der Waals surface area contributed by atoms with E-state index in [1.165, 1.54) is 0 Å². The lowest BCUT2D eigenvalue weighted by atomic mass is 9.97. The summed E-state index contributed by atoms with van der Waals surface area (Å²) in [4.78, 5) is 25.0. The molecule has 1 heterocycles. The minimum Gasteiger partial charge on any atom is -0.481 e. The highest BCUT2D eigenvalue weighted by molar-refractivity contribution is 5.99. The summed E-state index contributed by atoms with van der Waals surface area (Å²) in [6.07, 6.45) is 1.34. The first-order valence-corrected chi connectivity index (χ1v) is 6.37. The van der Waals surface area contributed by atoms with Crippen LogP contribution in [0.15, 0.2) is 18.2 Å². The van der Waals surface area contributed by atoms with Crippen LogP contribution in [0.4, 0.5) is 5.69 Å². The SMILES string of the molecule is Cc1ccc(N)c(C(=O)N2CCC[C@H](C(=O)O)C2)c1. The number of likely N-dealkylation sites (tertiary alicyclic amines) is 1. The smallest absolute Gasteiger partial charge is 0.308 e. The summed E-state index contributed by atoms with van der Waals surface area (Å²) in [5, 5.41) is 9.04. The molecule has 5 nitrogen and oxygen atoms in total. The number of hydrogen-bond acceptors (Lipinski definition) is 3. The number of hydrogen-bond donors (Lipinski definition) is 2. The van der Waals surface area contributed by atoms with Gasteiger partial charge in [-0.05, 0) is 31.9 Å². The van der Waals surface area contributed by atoms with Gasteiger partial charge in [-0.1, -0.05) is 11.6 Å². The Kier molecular flexibility index (Phi) is 3.74. The average Bonchev–Trinajstić information content (AvgIpc) is 2.41. The number of benzene rings is 1. The highest BCUT2D eigenvalue weighted by atomic mass is 16.4. The Morgan fingerprint density at radius 2 is 2.16 bits per heavy atom. The second-order valence-electron chi connectivity index (χ2n) is 5.02. The zero-order valence-electron chi connectivity index (χ0n) is 10.9. The van der Waals surface area contributed by atoms with Crippen LogP contribution < -0.4 is 5.73 Å². The van der Waals surface area contributed by atoms with Crippen LogP contribution in [-0.2, 0) is 4.79 Å². The molecular formula is C14H18N2O3. The number of nitrogens with zero attached hydrogens (tertiary/aromatic N) is 1. The molecule has 2 rings (SSSR count). The Labute approximate surface area is 112 Å². The number of piperidine rings is 1. The van der Waals surface area contributed by atoms with Crippen molar-refractivity contribution in [2.24, 2.45) is 5.92 Å². The van der Waals surface area contributed by atoms with Gasteiger partial charge in [0.05, 0.1) is 11.5 Å². The fourth-order valence-electron chi connectivity index (χ4n) is 2.39. The highest BCUT2D eigenvalue weighted by Crippen LogP contribution is 2.21. The van der Waals surface area contributed by atoms with Crippen molar-refractivity contribution in [1.29, 1.82) is 0 Å². The second kappa shape index (κ2) is 5.30. The molecule has 3 N–H and O–H groups in total. The number of carboxylic acids is 1. The number of amides is 1. The lowest BCUT2D eigenvalue weighted by Crippen LogP contribution is -2.42. The molecule has 0 aromatic heterocycles. The first-order chi connectivity index (χ1) is 8.99. The third kappa shape index (κ3) is 2.86. The minimum atomic E-state index is -0.838. The van der Waals surface area contributed by atoms with Crippen molar-refractivity contribution in [2.45, 2.75) is 19.8 Å². The Morgan fingerprint density at radius 1 is 1.42 bits per heavy atom. The predicted octanol–water partition coefficient (Wildman–Crippen LogP) is 1.51. The third-order valence-corrected chi connectivity index (χ3v) is 3.50. The topological polar surface area (TPSA) is 83.6 Å². The van der Waals surface area contributed by atoms with Gasteiger partial charge >= 0.3 is 5.97 Å². The van der Waals surface area contributed by atoms with Crippen molar-refractivity contribution >= 4 is 17.6 Å². The van der Waals surface area contributed by atoms with Crippen LogP contribution in [-0.4, -0.2) is 35.0 Å². The van der Waals surface area contributed by atoms with Gasteiger partial charge in [0, 0.05) is 18.8 Å². The summed E-state index contributed by atoms with van der Waals surface area (Å²) in [6, 6.07) is 5.31. The molecule has 0 aliphatic carbocycles. The molecule has 1 amide bonds. The third-order valence-electron chi connectivity index (χ3n) is 3.50. The zero-order valence-corrected chi connectivity index (χ0v) is 10.9. The Bertz CT molecular complexity index is 513. The molecular weight excluding hydrogens is 244 g/mol. The highest BCUT2D eigenvalue weighted by Gasteiger charge is 2.29. The number of aliphatic carboxylic acids is 1. The predicted molar refractivity (Wildman–Crippen MR) is 71.9 cm³/mol. The van der Waals surface area contributed by atoms with Crippen LogP contribution in [0, 0.1) is 12.8 Å². The van der Waals surface area contributed by atoms with Gasteiger partial charge in [0.2, 0.25) is 0 Å². The summed E-state index contributed by atoms with van der Waals surface area (Å²) >= 11 is 0. The van der Waals surface area contributed by atoms with Crippen LogP contribution in [0.1, 0.15) is 28.8 Å². The molecule has 5 heteroatoms. The van der Waals surface area contributed by atoms with E-state index in [9.17, 15) is 9.59 Å². The van der Waals surface area contributed by atoms with Crippen molar-refractivity contribution in [3.63, 3.8) is 0 Å². The van der Waals surface area contributed by atoms with Crippen LogP contribution in [0.2, 0.25) is 0 Å². The molecule has 0 unspecified atom stereocenters. The fourth-order valence-corrected chi connectivity index (χ4v) is 2.39. The molecule has 102 valence electrons. The van der Waals surface area contributed by atoms with Gasteiger partial charge in [-0.25, -0.2) is 0 Å². The summed E-state index contributed by atoms with van der Waals surface area (Å²) < 4.78 is 0. The van der Waals surface area contributed by atoms with Gasteiger partial charge in [0.25, 0.3) is 5.91 Å². The molecule has 0 spiro atoms. The second-order valence-corrected chi connectivity index (χ2v) is 5.02. The molecule has 1 saturated heterocycles. The van der Waals surface area contributed by atoms with Gasteiger partial charge in [-0.3, -0.25) is 9.59 Å². The van der Waals surface area contributed by atoms with Gasteiger partial charge in [0.15, 0.2) is 0 Å². The van der Waals surface area contributed by atoms with Crippen LogP contribution in [0.5, 0.6) is 0 Å². The van der Waals surface area contributed by atoms with Crippen molar-refractivity contribution in [1.82, 2.24) is 4.90 Å². The number of aryl methyl sites for hydroxylation is 1. The molecule has 1 aromatic rings. The molecule has 1 atom stereocenters. The van der Waals surface area contributed by atoms with Gasteiger partial charge < -0.3 is 15.7 Å². The first kappa shape index (κ1) is 13.4. The van der Waals surface area contributed by atoms with E-state index in [0.29, 0.717) is 30.6 Å². The summed E-state index contributed by atoms with van der Waals surface area (Å²) in [7, 11) is 0. The quantitative estimate of drug-likeness (QED) is 0.791. The normalized spacial score (nSPS) is 19.2. The number of nitrogen functional groups attached to an aromatic ring is 1. The number of rotatable bonds is 2. The molecule has 0 saturated carbocycles. The molecule has 1 aliphatic rings. The van der Waals surface area contributed by atoms with E-state index < -0.39 is 11.9 Å². The summed E-state index contributed by atoms with van der Waals surface area (Å²) in [6.45, 7) is 2.75. The largest absolute Gasteiger partial charge is 0.481 e. The maximum Gasteiger partial charge on any atom is 0.308 e. The Hall–Kier alpha value is -2.04. The van der Waals surface area contributed by atoms with E-state index in [-0.39, 0.29) is 12.5 Å². The Balaban J connectivity index is 2.19. The van der Waals surface area contributed by atoms with E-state index in [4.69, 9.17) is 10.8 Å². The van der Waals surface area contributed by atoms with Crippen molar-refractivity contribution in [3.8, 4) is 0 Å². The molecule has 1 fully saturated rings. The molecule has 1 aromatic carbocycles. The van der Waals surface area contributed by atoms with E-state index in [1.807, 2.05) is 13.0 Å². The monoisotopic (exact) mass is 262 g/mol. The van der Waals surface area contributed by atoms with E-state index >= 15 is 0 Å². The van der Waals surface area contributed by atoms with Crippen molar-refractivity contribution in [3.05, 3.63) is 29.3 Å². The zero-order chi connectivity index (χ0) is 14.0. The first-order valence-electron chi connectivity index (χ1n) is 6.37. The molecule has 0 bridgehead atoms. The minimum absolute atomic E-state index is 0.174. The van der Waals surface area contributed by atoms with Gasteiger partial charge in [-0.2, -0.15) is 0 Å². The maximum atomic E-state index is 12.4. The molecule has 1 aliphatic heterocycles. The van der Waals surface area contributed by atoms with Crippen LogP contribution in [0.3, 0.4) is 0 Å². The number of carboxylic acid groups (broad SMARTS) is 1. The lowest BCUT2D eigenvalue weighted by molar-refractivity contribution is -0.143. The van der Waals surface area contributed by atoms with E-state index in [1.54, 1.807) is 17.0 Å². The van der Waals surface area contributed by atoms with Crippen molar-refractivity contribution in [2.75, 3.05) is 18.8 Å². The standard InChI is InChI=1S/C14H18N2O3/c1-9-4-5-12(15)11(7-9)13(17)16-6-2-3-10(8-16)14(18)19/h4-5,7,10H,2-3,6,8,15H2,1H3,(H,18,19)/t10-/m0/s1. The Morgan fingerprint density at radius 3 is 2.84 bits per heavy atom. The van der Waals surface area contributed by atoms with Gasteiger partial charge in [-0.15, -0.1) is 0 Å². The molecule has 19 heavy (non-hydrogen) atoms. The summed E-state index contributed by atoms with van der Waals surface area (Å²) in [5.74, 6) is -1.48. The van der Waals surface area contributed by atoms with Gasteiger partial charge in [0.1, 0.15) is 0 Å². The fraction of sp³-hybridized carbons (Fsp3) is 0.429.